The largest absolute Gasteiger partial charge is 0.489 e. The van der Waals surface area contributed by atoms with Crippen LogP contribution in [0.5, 0.6) is 5.75 Å². The van der Waals surface area contributed by atoms with Crippen molar-refractivity contribution in [3.05, 3.63) is 30.1 Å². The fourth-order valence-corrected chi connectivity index (χ4v) is 1.79. The van der Waals surface area contributed by atoms with Crippen molar-refractivity contribution in [2.45, 2.75) is 6.42 Å². The number of hydrogen-bond acceptors (Lipinski definition) is 6. The van der Waals surface area contributed by atoms with Crippen LogP contribution >= 0.6 is 0 Å². The molecule has 7 heteroatoms. The third kappa shape index (κ3) is 4.44. The zero-order valence-corrected chi connectivity index (χ0v) is 12.5. The van der Waals surface area contributed by atoms with Gasteiger partial charge in [-0.1, -0.05) is 0 Å². The molecule has 0 fully saturated rings. The van der Waals surface area contributed by atoms with Crippen molar-refractivity contribution in [3.63, 3.8) is 0 Å². The lowest BCUT2D eigenvalue weighted by Crippen LogP contribution is -2.10. The van der Waals surface area contributed by atoms with Gasteiger partial charge in [0.1, 0.15) is 17.9 Å². The lowest BCUT2D eigenvalue weighted by Gasteiger charge is -2.06. The Labute approximate surface area is 128 Å². The first-order valence-electron chi connectivity index (χ1n) is 7.01. The molecular weight excluding hydrogens is 289 g/mol. The first-order chi connectivity index (χ1) is 10.8. The smallest absolute Gasteiger partial charge is 0.295 e. The van der Waals surface area contributed by atoms with Gasteiger partial charge in [-0.3, -0.25) is 0 Å². The van der Waals surface area contributed by atoms with Crippen molar-refractivity contribution in [2.75, 3.05) is 38.7 Å². The van der Waals surface area contributed by atoms with Crippen molar-refractivity contribution in [3.8, 4) is 5.75 Å². The molecule has 22 heavy (non-hydrogen) atoms. The quantitative estimate of drug-likeness (QED) is 0.692. The number of oxazole rings is 1. The number of nitrogens with two attached hydrogens (primary N) is 1. The normalized spacial score (nSPS) is 11.9. The molecule has 0 aliphatic heterocycles. The minimum atomic E-state index is 0.106. The highest BCUT2D eigenvalue weighted by Crippen LogP contribution is 2.24. The molecule has 0 amide bonds. The van der Waals surface area contributed by atoms with Crippen molar-refractivity contribution < 1.29 is 18.3 Å². The molecule has 0 aliphatic carbocycles. The summed E-state index contributed by atoms with van der Waals surface area (Å²) >= 11 is 0. The minimum absolute atomic E-state index is 0.106. The maximum atomic E-state index is 12.4. The Balaban J connectivity index is 1.98. The summed E-state index contributed by atoms with van der Waals surface area (Å²) in [7, 11) is 1.66. The van der Waals surface area contributed by atoms with Crippen LogP contribution in [0.15, 0.2) is 34.5 Å². The van der Waals surface area contributed by atoms with Gasteiger partial charge in [0.2, 0.25) is 0 Å². The average Bonchev–Trinajstić information content (AvgIpc) is 2.94. The molecule has 2 aromatic rings. The van der Waals surface area contributed by atoms with Crippen LogP contribution in [-0.4, -0.2) is 38.4 Å². The van der Waals surface area contributed by atoms with Crippen molar-refractivity contribution in [1.82, 2.24) is 4.98 Å². The fourth-order valence-electron chi connectivity index (χ4n) is 1.79. The Hall–Kier alpha value is -2.12. The van der Waals surface area contributed by atoms with Crippen LogP contribution in [0.1, 0.15) is 6.42 Å². The highest BCUT2D eigenvalue weighted by atomic mass is 19.1. The van der Waals surface area contributed by atoms with Gasteiger partial charge >= 0.3 is 0 Å². The van der Waals surface area contributed by atoms with Crippen molar-refractivity contribution in [1.29, 1.82) is 0 Å². The van der Waals surface area contributed by atoms with Gasteiger partial charge in [-0.2, -0.15) is 4.98 Å². The molecular formula is C15H20FN3O3. The molecule has 0 saturated carbocycles. The molecule has 0 bridgehead atoms. The third-order valence-corrected chi connectivity index (χ3v) is 3.00. The lowest BCUT2D eigenvalue weighted by molar-refractivity contribution is 0.197. The van der Waals surface area contributed by atoms with Crippen molar-refractivity contribution >= 4 is 17.1 Å². The molecule has 0 aliphatic rings. The highest BCUT2D eigenvalue weighted by molar-refractivity contribution is 5.76. The molecule has 1 aromatic heterocycles. The molecule has 3 N–H and O–H groups in total. The Morgan fingerprint density at radius 1 is 1.50 bits per heavy atom. The predicted octanol–water partition coefficient (Wildman–Crippen LogP) is 2.47. The number of hydrogen-bond donors (Lipinski definition) is 2. The van der Waals surface area contributed by atoms with Crippen LogP contribution in [-0.2, 0) is 4.74 Å². The first kappa shape index (κ1) is 16.3. The first-order valence-corrected chi connectivity index (χ1v) is 7.01. The Morgan fingerprint density at radius 3 is 3.09 bits per heavy atom. The van der Waals surface area contributed by atoms with Crippen LogP contribution in [0.25, 0.3) is 11.1 Å². The van der Waals surface area contributed by atoms with E-state index in [-0.39, 0.29) is 13.2 Å². The van der Waals surface area contributed by atoms with Gasteiger partial charge in [0.15, 0.2) is 5.58 Å². The number of nitrogens with zero attached hydrogens (tertiary/aromatic N) is 1. The van der Waals surface area contributed by atoms with E-state index in [2.05, 4.69) is 10.3 Å². The number of anilines is 1. The molecule has 0 unspecified atom stereocenters. The fraction of sp³-hybridized carbons (Fsp3) is 0.400. The highest BCUT2D eigenvalue weighted by Gasteiger charge is 2.07. The number of benzene rings is 1. The van der Waals surface area contributed by atoms with E-state index in [0.29, 0.717) is 42.4 Å². The van der Waals surface area contributed by atoms with E-state index in [1.165, 1.54) is 0 Å². The second kappa shape index (κ2) is 8.35. The third-order valence-electron chi connectivity index (χ3n) is 3.00. The molecule has 1 aromatic carbocycles. The summed E-state index contributed by atoms with van der Waals surface area (Å²) in [6.07, 6.45) is 1.33. The molecule has 0 spiro atoms. The van der Waals surface area contributed by atoms with E-state index >= 15 is 0 Å². The van der Waals surface area contributed by atoms with E-state index in [4.69, 9.17) is 19.6 Å². The zero-order chi connectivity index (χ0) is 15.8. The van der Waals surface area contributed by atoms with E-state index in [0.717, 1.165) is 11.9 Å². The van der Waals surface area contributed by atoms with Crippen LogP contribution < -0.4 is 15.8 Å². The van der Waals surface area contributed by atoms with Crippen LogP contribution in [0, 0.1) is 0 Å². The number of ether oxygens (including phenoxy) is 2. The van der Waals surface area contributed by atoms with Gasteiger partial charge in [0.25, 0.3) is 6.01 Å². The standard InChI is InChI=1S/C15H20FN3O3/c1-20-6-2-5-18-15-19-13-4-3-12(7-14(13)22-15)21-10-11(8-16)9-17/h3-4,7-8H,2,5-6,9-10,17H2,1H3,(H,18,19). The summed E-state index contributed by atoms with van der Waals surface area (Å²) in [6, 6.07) is 5.71. The molecule has 6 nitrogen and oxygen atoms in total. The van der Waals surface area contributed by atoms with Gasteiger partial charge in [0, 0.05) is 38.4 Å². The van der Waals surface area contributed by atoms with Crippen LogP contribution in [0.3, 0.4) is 0 Å². The summed E-state index contributed by atoms with van der Waals surface area (Å²) in [5, 5.41) is 3.08. The topological polar surface area (TPSA) is 82.5 Å². The van der Waals surface area contributed by atoms with Gasteiger partial charge in [-0.05, 0) is 18.6 Å². The molecule has 120 valence electrons. The molecule has 2 rings (SSSR count). The van der Waals surface area contributed by atoms with Gasteiger partial charge in [-0.25, -0.2) is 4.39 Å². The van der Waals surface area contributed by atoms with Crippen LogP contribution in [0.4, 0.5) is 10.4 Å². The predicted molar refractivity (Wildman–Crippen MR) is 82.7 cm³/mol. The van der Waals surface area contributed by atoms with Crippen molar-refractivity contribution in [2.24, 2.45) is 5.73 Å². The number of fused-ring (bicyclic) bond motifs is 1. The van der Waals surface area contributed by atoms with E-state index in [9.17, 15) is 4.39 Å². The maximum Gasteiger partial charge on any atom is 0.295 e. The molecule has 0 saturated heterocycles. The molecule has 1 heterocycles. The molecule has 0 radical (unpaired) electrons. The summed E-state index contributed by atoms with van der Waals surface area (Å²) in [5.41, 5.74) is 7.09. The van der Waals surface area contributed by atoms with Gasteiger partial charge in [-0.15, -0.1) is 0 Å². The number of aromatic nitrogens is 1. The summed E-state index contributed by atoms with van der Waals surface area (Å²) in [5.74, 6) is 0.572. The zero-order valence-electron chi connectivity index (χ0n) is 12.5. The van der Waals surface area contributed by atoms with E-state index < -0.39 is 0 Å². The summed E-state index contributed by atoms with van der Waals surface area (Å²) < 4.78 is 28.5. The Kier molecular flexibility index (Phi) is 6.17. The SMILES string of the molecule is COCCCNc1nc2ccc(OCC(=CF)CN)cc2o1. The minimum Gasteiger partial charge on any atom is -0.489 e. The number of methoxy groups -OCH3 is 1. The number of nitrogens with one attached hydrogen (secondary N) is 1. The lowest BCUT2D eigenvalue weighted by atomic mass is 10.3. The van der Waals surface area contributed by atoms with E-state index in [1.54, 1.807) is 25.3 Å². The summed E-state index contributed by atoms with van der Waals surface area (Å²) in [6.45, 7) is 1.62. The van der Waals surface area contributed by atoms with Crippen LogP contribution in [0.2, 0.25) is 0 Å². The maximum absolute atomic E-state index is 12.4. The second-order valence-electron chi connectivity index (χ2n) is 4.68. The number of halogens is 1. The summed E-state index contributed by atoms with van der Waals surface area (Å²) in [4.78, 5) is 4.31. The Bertz CT molecular complexity index is 628. The van der Waals surface area contributed by atoms with Gasteiger partial charge < -0.3 is 24.9 Å². The Morgan fingerprint density at radius 2 is 2.36 bits per heavy atom. The van der Waals surface area contributed by atoms with E-state index in [1.807, 2.05) is 0 Å². The molecule has 0 atom stereocenters. The van der Waals surface area contributed by atoms with Gasteiger partial charge in [0.05, 0.1) is 6.33 Å². The number of rotatable bonds is 9. The average molecular weight is 309 g/mol. The monoisotopic (exact) mass is 309 g/mol. The second-order valence-corrected chi connectivity index (χ2v) is 4.68.